The number of nitrogens with one attached hydrogen (secondary N) is 1. The van der Waals surface area contributed by atoms with Gasteiger partial charge in [-0.25, -0.2) is 4.99 Å². The van der Waals surface area contributed by atoms with E-state index in [1.807, 2.05) is 17.8 Å². The van der Waals surface area contributed by atoms with Gasteiger partial charge in [0.2, 0.25) is 0 Å². The standard InChI is InChI=1S/C22H33N5O.HI/c1-5-23-22(24-13-21-17(2)25-26(4)18(21)3)27-12-11-20(14-27)16-28-15-19-9-7-6-8-10-19;/h6-10,20H,5,11-16H2,1-4H3,(H,23,24);1H. The van der Waals surface area contributed by atoms with E-state index in [0.29, 0.717) is 19.1 Å². The highest BCUT2D eigenvalue weighted by Crippen LogP contribution is 2.18. The second-order valence-corrected chi connectivity index (χ2v) is 7.54. The molecular formula is C22H34IN5O. The second kappa shape index (κ2) is 11.5. The minimum atomic E-state index is 0. The largest absolute Gasteiger partial charge is 0.376 e. The van der Waals surface area contributed by atoms with Crippen molar-refractivity contribution in [3.8, 4) is 0 Å². The summed E-state index contributed by atoms with van der Waals surface area (Å²) in [6.45, 7) is 11.3. The number of hydrogen-bond donors (Lipinski definition) is 1. The Labute approximate surface area is 191 Å². The molecule has 1 aliphatic heterocycles. The number of guanidine groups is 1. The molecule has 0 saturated carbocycles. The highest BCUT2D eigenvalue weighted by molar-refractivity contribution is 14.0. The van der Waals surface area contributed by atoms with Gasteiger partial charge >= 0.3 is 0 Å². The van der Waals surface area contributed by atoms with Crippen LogP contribution in [0.4, 0.5) is 0 Å². The van der Waals surface area contributed by atoms with Crippen LogP contribution in [-0.4, -0.2) is 46.9 Å². The summed E-state index contributed by atoms with van der Waals surface area (Å²) in [7, 11) is 1.99. The molecule has 1 aliphatic rings. The van der Waals surface area contributed by atoms with Crippen molar-refractivity contribution in [3.05, 3.63) is 52.8 Å². The maximum Gasteiger partial charge on any atom is 0.194 e. The molecule has 1 N–H and O–H groups in total. The third-order valence-corrected chi connectivity index (χ3v) is 5.43. The van der Waals surface area contributed by atoms with Gasteiger partial charge in [-0.3, -0.25) is 4.68 Å². The Hall–Kier alpha value is -1.61. The van der Waals surface area contributed by atoms with Gasteiger partial charge in [0, 0.05) is 43.9 Å². The first-order valence-electron chi connectivity index (χ1n) is 10.2. The molecular weight excluding hydrogens is 477 g/mol. The van der Waals surface area contributed by atoms with Crippen molar-refractivity contribution >= 4 is 29.9 Å². The molecule has 160 valence electrons. The van der Waals surface area contributed by atoms with E-state index in [9.17, 15) is 0 Å². The number of benzene rings is 1. The lowest BCUT2D eigenvalue weighted by atomic mass is 10.1. The summed E-state index contributed by atoms with van der Waals surface area (Å²) >= 11 is 0. The van der Waals surface area contributed by atoms with Gasteiger partial charge in [-0.15, -0.1) is 24.0 Å². The van der Waals surface area contributed by atoms with Gasteiger partial charge in [0.05, 0.1) is 25.5 Å². The first-order chi connectivity index (χ1) is 13.6. The van der Waals surface area contributed by atoms with Crippen molar-refractivity contribution in [1.82, 2.24) is 20.0 Å². The molecule has 1 saturated heterocycles. The van der Waals surface area contributed by atoms with Crippen molar-refractivity contribution in [2.24, 2.45) is 18.0 Å². The molecule has 1 atom stereocenters. The van der Waals surface area contributed by atoms with E-state index in [-0.39, 0.29) is 24.0 Å². The highest BCUT2D eigenvalue weighted by Gasteiger charge is 2.25. The molecule has 2 aromatic rings. The smallest absolute Gasteiger partial charge is 0.194 e. The lowest BCUT2D eigenvalue weighted by Gasteiger charge is -2.21. The van der Waals surface area contributed by atoms with Crippen molar-refractivity contribution < 1.29 is 4.74 Å². The Kier molecular flexibility index (Phi) is 9.42. The molecule has 3 rings (SSSR count). The fraction of sp³-hybridized carbons (Fsp3) is 0.545. The van der Waals surface area contributed by atoms with Crippen LogP contribution < -0.4 is 5.32 Å². The zero-order valence-corrected chi connectivity index (χ0v) is 20.3. The average Bonchev–Trinajstić information content (AvgIpc) is 3.25. The minimum absolute atomic E-state index is 0. The number of ether oxygens (including phenoxy) is 1. The van der Waals surface area contributed by atoms with Gasteiger partial charge in [-0.2, -0.15) is 5.10 Å². The Balaban J connectivity index is 0.00000300. The van der Waals surface area contributed by atoms with Gasteiger partial charge in [0.1, 0.15) is 0 Å². The Bertz CT molecular complexity index is 790. The average molecular weight is 511 g/mol. The van der Waals surface area contributed by atoms with Crippen LogP contribution in [0.1, 0.15) is 35.9 Å². The lowest BCUT2D eigenvalue weighted by molar-refractivity contribution is 0.0906. The molecule has 6 nitrogen and oxygen atoms in total. The summed E-state index contributed by atoms with van der Waals surface area (Å²) in [6, 6.07) is 10.4. The summed E-state index contributed by atoms with van der Waals surface area (Å²) in [5.74, 6) is 1.55. The van der Waals surface area contributed by atoms with E-state index in [0.717, 1.165) is 44.3 Å². The van der Waals surface area contributed by atoms with E-state index in [2.05, 4.69) is 60.4 Å². The Morgan fingerprint density at radius 2 is 2.03 bits per heavy atom. The molecule has 1 aromatic carbocycles. The third kappa shape index (κ3) is 6.44. The predicted octanol–water partition coefficient (Wildman–Crippen LogP) is 3.66. The molecule has 1 aromatic heterocycles. The van der Waals surface area contributed by atoms with Crippen LogP contribution >= 0.6 is 24.0 Å². The van der Waals surface area contributed by atoms with E-state index in [1.165, 1.54) is 16.8 Å². The van der Waals surface area contributed by atoms with Crippen LogP contribution in [0, 0.1) is 19.8 Å². The number of aliphatic imine (C=N–C) groups is 1. The molecule has 7 heteroatoms. The first kappa shape index (κ1) is 23.7. The van der Waals surface area contributed by atoms with E-state index >= 15 is 0 Å². The summed E-state index contributed by atoms with van der Waals surface area (Å²) in [5.41, 5.74) is 4.70. The van der Waals surface area contributed by atoms with Crippen molar-refractivity contribution in [2.45, 2.75) is 40.3 Å². The maximum absolute atomic E-state index is 5.96. The first-order valence-corrected chi connectivity index (χ1v) is 10.2. The molecule has 0 radical (unpaired) electrons. The monoisotopic (exact) mass is 511 g/mol. The summed E-state index contributed by atoms with van der Waals surface area (Å²) in [6.07, 6.45) is 1.14. The van der Waals surface area contributed by atoms with Crippen LogP contribution in [0.3, 0.4) is 0 Å². The fourth-order valence-corrected chi connectivity index (χ4v) is 3.70. The van der Waals surface area contributed by atoms with Gasteiger partial charge in [0.15, 0.2) is 5.96 Å². The molecule has 0 bridgehead atoms. The van der Waals surface area contributed by atoms with Crippen molar-refractivity contribution in [2.75, 3.05) is 26.2 Å². The number of hydrogen-bond acceptors (Lipinski definition) is 3. The Morgan fingerprint density at radius 1 is 1.28 bits per heavy atom. The van der Waals surface area contributed by atoms with Crippen LogP contribution in [-0.2, 0) is 24.9 Å². The minimum Gasteiger partial charge on any atom is -0.376 e. The molecule has 0 amide bonds. The number of likely N-dealkylation sites (tertiary alicyclic amines) is 1. The topological polar surface area (TPSA) is 54.7 Å². The fourth-order valence-electron chi connectivity index (χ4n) is 3.70. The normalized spacial score (nSPS) is 16.8. The molecule has 0 spiro atoms. The van der Waals surface area contributed by atoms with Crippen LogP contribution in [0.15, 0.2) is 35.3 Å². The number of nitrogens with zero attached hydrogens (tertiary/aromatic N) is 4. The Morgan fingerprint density at radius 3 is 2.69 bits per heavy atom. The lowest BCUT2D eigenvalue weighted by Crippen LogP contribution is -2.40. The second-order valence-electron chi connectivity index (χ2n) is 7.54. The molecule has 29 heavy (non-hydrogen) atoms. The van der Waals surface area contributed by atoms with Crippen LogP contribution in [0.25, 0.3) is 0 Å². The van der Waals surface area contributed by atoms with E-state index < -0.39 is 0 Å². The molecule has 0 aliphatic carbocycles. The zero-order valence-electron chi connectivity index (χ0n) is 18.0. The molecule has 1 unspecified atom stereocenters. The third-order valence-electron chi connectivity index (χ3n) is 5.43. The van der Waals surface area contributed by atoms with Crippen molar-refractivity contribution in [3.63, 3.8) is 0 Å². The molecule has 2 heterocycles. The van der Waals surface area contributed by atoms with Crippen molar-refractivity contribution in [1.29, 1.82) is 0 Å². The summed E-state index contributed by atoms with van der Waals surface area (Å²) in [5, 5.41) is 7.95. The number of rotatable bonds is 7. The van der Waals surface area contributed by atoms with Crippen LogP contribution in [0.2, 0.25) is 0 Å². The predicted molar refractivity (Wildman–Crippen MR) is 129 cm³/mol. The number of aryl methyl sites for hydroxylation is 2. The van der Waals surface area contributed by atoms with Gasteiger partial charge < -0.3 is 15.0 Å². The number of aromatic nitrogens is 2. The van der Waals surface area contributed by atoms with Gasteiger partial charge in [-0.05, 0) is 32.8 Å². The quantitative estimate of drug-likeness (QED) is 0.350. The van der Waals surface area contributed by atoms with Crippen LogP contribution in [0.5, 0.6) is 0 Å². The van der Waals surface area contributed by atoms with E-state index in [1.54, 1.807) is 0 Å². The molecule has 1 fully saturated rings. The SMILES string of the molecule is CCNC(=NCc1c(C)nn(C)c1C)N1CCC(COCc2ccccc2)C1.I. The van der Waals surface area contributed by atoms with E-state index in [4.69, 9.17) is 9.73 Å². The summed E-state index contributed by atoms with van der Waals surface area (Å²) < 4.78 is 7.89. The number of halogens is 1. The summed E-state index contributed by atoms with van der Waals surface area (Å²) in [4.78, 5) is 7.26. The van der Waals surface area contributed by atoms with Gasteiger partial charge in [-0.1, -0.05) is 30.3 Å². The maximum atomic E-state index is 5.96. The highest BCUT2D eigenvalue weighted by atomic mass is 127. The zero-order chi connectivity index (χ0) is 19.9. The van der Waals surface area contributed by atoms with Gasteiger partial charge in [0.25, 0.3) is 0 Å².